The highest BCUT2D eigenvalue weighted by atomic mass is 16.5. The average Bonchev–Trinajstić information content (AvgIpc) is 2.52. The van der Waals surface area contributed by atoms with Crippen molar-refractivity contribution in [3.8, 4) is 5.75 Å². The molecule has 0 heterocycles. The molecule has 128 valence electrons. The fraction of sp³-hybridized carbons (Fsp3) is 0.368. The van der Waals surface area contributed by atoms with E-state index in [0.717, 1.165) is 10.8 Å². The summed E-state index contributed by atoms with van der Waals surface area (Å²) in [7, 11) is 1.60. The van der Waals surface area contributed by atoms with E-state index in [0.29, 0.717) is 11.3 Å². The quantitative estimate of drug-likeness (QED) is 0.907. The molecule has 0 aliphatic rings. The Morgan fingerprint density at radius 3 is 2.25 bits per heavy atom. The lowest BCUT2D eigenvalue weighted by Crippen LogP contribution is -2.50. The lowest BCUT2D eigenvalue weighted by atomic mass is 10.0. The highest BCUT2D eigenvalue weighted by molar-refractivity contribution is 6.09. The van der Waals surface area contributed by atoms with E-state index in [9.17, 15) is 9.59 Å². The Labute approximate surface area is 142 Å². The third-order valence-corrected chi connectivity index (χ3v) is 3.59. The van der Waals surface area contributed by atoms with Gasteiger partial charge in [-0.25, -0.2) is 0 Å². The molecule has 0 aromatic heterocycles. The summed E-state index contributed by atoms with van der Waals surface area (Å²) >= 11 is 0. The van der Waals surface area contributed by atoms with Gasteiger partial charge in [-0.1, -0.05) is 24.3 Å². The van der Waals surface area contributed by atoms with Gasteiger partial charge >= 0.3 is 0 Å². The summed E-state index contributed by atoms with van der Waals surface area (Å²) < 4.78 is 5.34. The Morgan fingerprint density at radius 1 is 1.04 bits per heavy atom. The van der Waals surface area contributed by atoms with E-state index >= 15 is 0 Å². The van der Waals surface area contributed by atoms with Gasteiger partial charge in [-0.3, -0.25) is 9.59 Å². The first-order chi connectivity index (χ1) is 11.2. The molecule has 0 aliphatic heterocycles. The van der Waals surface area contributed by atoms with Crippen molar-refractivity contribution >= 4 is 22.6 Å². The van der Waals surface area contributed by atoms with Crippen molar-refractivity contribution in [2.75, 3.05) is 7.11 Å². The molecule has 0 bridgehead atoms. The Balaban J connectivity index is 2.25. The van der Waals surface area contributed by atoms with Crippen LogP contribution < -0.4 is 15.4 Å². The van der Waals surface area contributed by atoms with Crippen molar-refractivity contribution in [1.29, 1.82) is 0 Å². The maximum absolute atomic E-state index is 12.6. The Bertz CT molecular complexity index is 763. The molecule has 2 aromatic rings. The van der Waals surface area contributed by atoms with E-state index in [1.54, 1.807) is 26.2 Å². The number of carbonyl (C=O) groups excluding carboxylic acids is 2. The van der Waals surface area contributed by atoms with Gasteiger partial charge in [-0.05, 0) is 45.2 Å². The SMILES string of the molecule is COc1ccc(C(=O)NC(C)C(=O)NC(C)(C)C)c2ccccc12. The number of hydrogen-bond acceptors (Lipinski definition) is 3. The first-order valence-electron chi connectivity index (χ1n) is 7.91. The predicted octanol–water partition coefficient (Wildman–Crippen LogP) is 2.88. The molecule has 0 fully saturated rings. The van der Waals surface area contributed by atoms with Gasteiger partial charge in [0.1, 0.15) is 11.8 Å². The van der Waals surface area contributed by atoms with E-state index in [2.05, 4.69) is 10.6 Å². The van der Waals surface area contributed by atoms with Gasteiger partial charge in [0, 0.05) is 16.5 Å². The normalized spacial score (nSPS) is 12.5. The second-order valence-electron chi connectivity index (χ2n) is 6.80. The van der Waals surface area contributed by atoms with Gasteiger partial charge in [0.15, 0.2) is 0 Å². The summed E-state index contributed by atoms with van der Waals surface area (Å²) in [5, 5.41) is 7.26. The van der Waals surface area contributed by atoms with Crippen LogP contribution in [0.25, 0.3) is 10.8 Å². The van der Waals surface area contributed by atoms with Crippen LogP contribution in [0.3, 0.4) is 0 Å². The van der Waals surface area contributed by atoms with Crippen LogP contribution in [-0.2, 0) is 4.79 Å². The van der Waals surface area contributed by atoms with Crippen molar-refractivity contribution in [2.45, 2.75) is 39.3 Å². The zero-order valence-corrected chi connectivity index (χ0v) is 14.8. The number of rotatable bonds is 4. The molecular weight excluding hydrogens is 304 g/mol. The zero-order chi connectivity index (χ0) is 17.9. The fourth-order valence-electron chi connectivity index (χ4n) is 2.47. The molecule has 2 aromatic carbocycles. The molecule has 0 saturated heterocycles. The Kier molecular flexibility index (Phi) is 5.12. The van der Waals surface area contributed by atoms with Crippen molar-refractivity contribution in [1.82, 2.24) is 10.6 Å². The number of fused-ring (bicyclic) bond motifs is 1. The molecule has 2 rings (SSSR count). The van der Waals surface area contributed by atoms with Gasteiger partial charge in [-0.2, -0.15) is 0 Å². The molecule has 5 nitrogen and oxygen atoms in total. The smallest absolute Gasteiger partial charge is 0.252 e. The van der Waals surface area contributed by atoms with Gasteiger partial charge in [-0.15, -0.1) is 0 Å². The minimum atomic E-state index is -0.627. The number of nitrogens with one attached hydrogen (secondary N) is 2. The monoisotopic (exact) mass is 328 g/mol. The van der Waals surface area contributed by atoms with Crippen molar-refractivity contribution in [3.63, 3.8) is 0 Å². The minimum Gasteiger partial charge on any atom is -0.496 e. The van der Waals surface area contributed by atoms with Crippen LogP contribution in [-0.4, -0.2) is 30.5 Å². The van der Waals surface area contributed by atoms with Crippen LogP contribution in [0.2, 0.25) is 0 Å². The zero-order valence-electron chi connectivity index (χ0n) is 14.8. The lowest BCUT2D eigenvalue weighted by Gasteiger charge is -2.23. The van der Waals surface area contributed by atoms with E-state index in [1.807, 2.05) is 45.0 Å². The first kappa shape index (κ1) is 17.8. The minimum absolute atomic E-state index is 0.214. The van der Waals surface area contributed by atoms with Gasteiger partial charge in [0.05, 0.1) is 7.11 Å². The Morgan fingerprint density at radius 2 is 1.67 bits per heavy atom. The maximum Gasteiger partial charge on any atom is 0.252 e. The predicted molar refractivity (Wildman–Crippen MR) is 95.3 cm³/mol. The van der Waals surface area contributed by atoms with E-state index in [-0.39, 0.29) is 17.4 Å². The molecule has 0 saturated carbocycles. The molecule has 2 amide bonds. The van der Waals surface area contributed by atoms with Crippen LogP contribution in [0.4, 0.5) is 0 Å². The molecule has 1 atom stereocenters. The number of benzene rings is 2. The summed E-state index contributed by atoms with van der Waals surface area (Å²) in [4.78, 5) is 24.8. The number of carbonyl (C=O) groups is 2. The highest BCUT2D eigenvalue weighted by Crippen LogP contribution is 2.28. The van der Waals surface area contributed by atoms with Crippen molar-refractivity contribution in [3.05, 3.63) is 42.0 Å². The van der Waals surface area contributed by atoms with Crippen molar-refractivity contribution < 1.29 is 14.3 Å². The summed E-state index contributed by atoms with van der Waals surface area (Å²) in [6.45, 7) is 7.37. The van der Waals surface area contributed by atoms with E-state index < -0.39 is 6.04 Å². The molecule has 0 spiro atoms. The molecule has 0 radical (unpaired) electrons. The second kappa shape index (κ2) is 6.91. The number of amides is 2. The van der Waals surface area contributed by atoms with Gasteiger partial charge in [0.25, 0.3) is 5.91 Å². The van der Waals surface area contributed by atoms with Gasteiger partial charge < -0.3 is 15.4 Å². The Hall–Kier alpha value is -2.56. The van der Waals surface area contributed by atoms with Crippen LogP contribution >= 0.6 is 0 Å². The van der Waals surface area contributed by atoms with Gasteiger partial charge in [0.2, 0.25) is 5.91 Å². The van der Waals surface area contributed by atoms with E-state index in [1.165, 1.54) is 0 Å². The molecule has 0 aliphatic carbocycles. The van der Waals surface area contributed by atoms with Crippen molar-refractivity contribution in [2.24, 2.45) is 0 Å². The van der Waals surface area contributed by atoms with Crippen LogP contribution in [0.5, 0.6) is 5.75 Å². The summed E-state index contributed by atoms with van der Waals surface area (Å²) in [6, 6.07) is 10.4. The molecule has 2 N–H and O–H groups in total. The van der Waals surface area contributed by atoms with Crippen LogP contribution in [0.15, 0.2) is 36.4 Å². The number of methoxy groups -OCH3 is 1. The highest BCUT2D eigenvalue weighted by Gasteiger charge is 2.22. The topological polar surface area (TPSA) is 67.4 Å². The molecule has 24 heavy (non-hydrogen) atoms. The fourth-order valence-corrected chi connectivity index (χ4v) is 2.47. The molecule has 1 unspecified atom stereocenters. The van der Waals surface area contributed by atoms with Crippen LogP contribution in [0, 0.1) is 0 Å². The molecular formula is C19H24N2O3. The summed E-state index contributed by atoms with van der Waals surface area (Å²) in [5.41, 5.74) is 0.171. The summed E-state index contributed by atoms with van der Waals surface area (Å²) in [5.74, 6) is 0.208. The standard InChI is InChI=1S/C19H24N2O3/c1-12(17(22)21-19(2,3)4)20-18(23)15-10-11-16(24-5)14-9-7-6-8-13(14)15/h6-12H,1-5H3,(H,20,23)(H,21,22). The third kappa shape index (κ3) is 4.04. The third-order valence-electron chi connectivity index (χ3n) is 3.59. The number of ether oxygens (including phenoxy) is 1. The average molecular weight is 328 g/mol. The molecule has 5 heteroatoms. The van der Waals surface area contributed by atoms with Crippen LogP contribution in [0.1, 0.15) is 38.1 Å². The first-order valence-corrected chi connectivity index (χ1v) is 7.91. The largest absolute Gasteiger partial charge is 0.496 e. The number of hydrogen-bond donors (Lipinski definition) is 2. The summed E-state index contributed by atoms with van der Waals surface area (Å²) in [6.07, 6.45) is 0. The second-order valence-corrected chi connectivity index (χ2v) is 6.80. The maximum atomic E-state index is 12.6. The lowest BCUT2D eigenvalue weighted by molar-refractivity contribution is -0.124. The van der Waals surface area contributed by atoms with E-state index in [4.69, 9.17) is 4.74 Å².